The van der Waals surface area contributed by atoms with Gasteiger partial charge in [-0.15, -0.1) is 0 Å². The number of aromatic nitrogens is 1. The Bertz CT molecular complexity index is 3140. The maximum atomic E-state index is 7.21. The lowest BCUT2D eigenvalue weighted by molar-refractivity contribution is 0.663. The summed E-state index contributed by atoms with van der Waals surface area (Å²) in [5, 5.41) is 12.3. The first-order chi connectivity index (χ1) is 24.5. The minimum Gasteiger partial charge on any atom is -0.455 e. The second kappa shape index (κ2) is 9.61. The normalized spacial score (nSPS) is 14.2. The Balaban J connectivity index is 1.25. The Hall–Kier alpha value is -6.39. The standard InChI is InChI=1S/C46H31N3O/c1-46(2)34-20-10-16-30-26-12-3-4-13-27(26)31-17-11-22-37-41(31)43-38(25-24-35(46)42(43)40(30)34)49(37)45(47)48-36-21-7-5-14-28(36)32-18-9-19-33-29-15-6-8-23-39(29)50-44(32)33/h3-25H,1-2H3,(H2,47,48). The Morgan fingerprint density at radius 1 is 0.520 bits per heavy atom. The third kappa shape index (κ3) is 3.42. The molecule has 0 unspecified atom stereocenters. The van der Waals surface area contributed by atoms with Crippen LogP contribution in [0.25, 0.3) is 87.2 Å². The maximum Gasteiger partial charge on any atom is 0.205 e. The third-order valence-corrected chi connectivity index (χ3v) is 11.2. The van der Waals surface area contributed by atoms with E-state index in [1.165, 1.54) is 54.2 Å². The first-order valence-corrected chi connectivity index (χ1v) is 17.2. The molecule has 50 heavy (non-hydrogen) atoms. The summed E-state index contributed by atoms with van der Waals surface area (Å²) < 4.78 is 8.61. The second-order valence-electron chi connectivity index (χ2n) is 14.1. The molecule has 236 valence electrons. The van der Waals surface area contributed by atoms with E-state index in [1.54, 1.807) is 0 Å². The Morgan fingerprint density at radius 3 is 1.96 bits per heavy atom. The topological polar surface area (TPSA) is 56.5 Å². The number of aliphatic imine (C=N–C) groups is 1. The molecule has 0 radical (unpaired) electrons. The van der Waals surface area contributed by atoms with Crippen molar-refractivity contribution in [1.29, 1.82) is 0 Å². The molecule has 11 rings (SSSR count). The van der Waals surface area contributed by atoms with Gasteiger partial charge in [-0.2, -0.15) is 0 Å². The first-order valence-electron chi connectivity index (χ1n) is 17.2. The molecule has 0 fully saturated rings. The van der Waals surface area contributed by atoms with Crippen LogP contribution in [-0.2, 0) is 5.41 Å². The van der Waals surface area contributed by atoms with Gasteiger partial charge in [0, 0.05) is 38.1 Å². The molecule has 4 heteroatoms. The van der Waals surface area contributed by atoms with Gasteiger partial charge in [0.05, 0.1) is 16.7 Å². The maximum absolute atomic E-state index is 7.21. The molecule has 1 aliphatic rings. The highest BCUT2D eigenvalue weighted by Crippen LogP contribution is 2.52. The van der Waals surface area contributed by atoms with E-state index in [-0.39, 0.29) is 5.41 Å². The number of nitrogens with zero attached hydrogens (tertiary/aromatic N) is 2. The van der Waals surface area contributed by atoms with Crippen molar-refractivity contribution in [1.82, 2.24) is 4.57 Å². The SMILES string of the molecule is CC1(C)c2cccc3c4ccccc4c4cccc5c4c4c(c1ccc4n5C(N)=Nc1ccccc1-c1cccc4c1oc1ccccc14)c23. The number of nitrogens with two attached hydrogens (primary N) is 1. The molecular formula is C46H31N3O. The smallest absolute Gasteiger partial charge is 0.205 e. The molecule has 0 atom stereocenters. The summed E-state index contributed by atoms with van der Waals surface area (Å²) in [6.45, 7) is 4.71. The average Bonchev–Trinajstić information content (AvgIpc) is 3.77. The van der Waals surface area contributed by atoms with Crippen LogP contribution in [0, 0.1) is 0 Å². The first kappa shape index (κ1) is 27.5. The molecule has 2 N–H and O–H groups in total. The van der Waals surface area contributed by atoms with Crippen LogP contribution in [0.5, 0.6) is 0 Å². The van der Waals surface area contributed by atoms with Crippen LogP contribution in [-0.4, -0.2) is 10.5 Å². The van der Waals surface area contributed by atoms with Gasteiger partial charge in [0.1, 0.15) is 11.2 Å². The van der Waals surface area contributed by atoms with Crippen LogP contribution in [0.15, 0.2) is 149 Å². The molecule has 0 amide bonds. The van der Waals surface area contributed by atoms with E-state index in [2.05, 4.69) is 128 Å². The summed E-state index contributed by atoms with van der Waals surface area (Å²) in [6.07, 6.45) is 0. The van der Waals surface area contributed by atoms with Crippen molar-refractivity contribution in [3.8, 4) is 11.1 Å². The van der Waals surface area contributed by atoms with Crippen LogP contribution in [0.4, 0.5) is 5.69 Å². The lowest BCUT2D eigenvalue weighted by Gasteiger charge is -2.22. The molecule has 0 saturated carbocycles. The summed E-state index contributed by atoms with van der Waals surface area (Å²) in [5.41, 5.74) is 16.3. The predicted octanol–water partition coefficient (Wildman–Crippen LogP) is 12.0. The van der Waals surface area contributed by atoms with E-state index >= 15 is 0 Å². The molecule has 0 aliphatic heterocycles. The predicted molar refractivity (Wildman–Crippen MR) is 210 cm³/mol. The minimum absolute atomic E-state index is 0.145. The van der Waals surface area contributed by atoms with E-state index in [9.17, 15) is 0 Å². The number of rotatable bonds is 2. The van der Waals surface area contributed by atoms with Crippen molar-refractivity contribution in [2.75, 3.05) is 0 Å². The van der Waals surface area contributed by atoms with E-state index in [0.29, 0.717) is 5.96 Å². The van der Waals surface area contributed by atoms with Crippen LogP contribution in [0.3, 0.4) is 0 Å². The van der Waals surface area contributed by atoms with Crippen LogP contribution < -0.4 is 5.73 Å². The van der Waals surface area contributed by atoms with Gasteiger partial charge in [-0.05, 0) is 67.7 Å². The highest BCUT2D eigenvalue weighted by atomic mass is 16.3. The molecule has 2 aromatic heterocycles. The van der Waals surface area contributed by atoms with Crippen molar-refractivity contribution in [2.24, 2.45) is 10.7 Å². The summed E-state index contributed by atoms with van der Waals surface area (Å²) in [5.74, 6) is 0.421. The second-order valence-corrected chi connectivity index (χ2v) is 14.1. The van der Waals surface area contributed by atoms with Gasteiger partial charge in [0.25, 0.3) is 0 Å². The Kier molecular flexibility index (Phi) is 5.30. The molecular weight excluding hydrogens is 611 g/mol. The van der Waals surface area contributed by atoms with E-state index in [4.69, 9.17) is 15.1 Å². The van der Waals surface area contributed by atoms with Gasteiger partial charge < -0.3 is 10.2 Å². The Morgan fingerprint density at radius 2 is 1.12 bits per heavy atom. The zero-order valence-corrected chi connectivity index (χ0v) is 27.7. The van der Waals surface area contributed by atoms with Gasteiger partial charge in [0.2, 0.25) is 5.96 Å². The minimum atomic E-state index is -0.145. The quantitative estimate of drug-likeness (QED) is 0.151. The van der Waals surface area contributed by atoms with Crippen molar-refractivity contribution in [3.63, 3.8) is 0 Å². The summed E-state index contributed by atoms with van der Waals surface area (Å²) in [7, 11) is 0. The molecule has 0 bridgehead atoms. The van der Waals surface area contributed by atoms with Crippen LogP contribution in [0.1, 0.15) is 25.0 Å². The summed E-state index contributed by atoms with van der Waals surface area (Å²) in [6, 6.07) is 49.5. The van der Waals surface area contributed by atoms with Crippen LogP contribution in [0.2, 0.25) is 0 Å². The molecule has 8 aromatic carbocycles. The monoisotopic (exact) mass is 641 g/mol. The molecule has 10 aromatic rings. The molecule has 0 spiro atoms. The average molecular weight is 642 g/mol. The fraction of sp³-hybridized carbons (Fsp3) is 0.0652. The number of fused-ring (bicyclic) bond motifs is 6. The summed E-state index contributed by atoms with van der Waals surface area (Å²) >= 11 is 0. The highest BCUT2D eigenvalue weighted by molar-refractivity contribution is 6.36. The zero-order chi connectivity index (χ0) is 33.3. The van der Waals surface area contributed by atoms with Crippen LogP contribution >= 0.6 is 0 Å². The van der Waals surface area contributed by atoms with E-state index < -0.39 is 0 Å². The highest BCUT2D eigenvalue weighted by Gasteiger charge is 2.35. The van der Waals surface area contributed by atoms with Crippen molar-refractivity contribution >= 4 is 87.7 Å². The number of furan rings is 1. The van der Waals surface area contributed by atoms with E-state index in [0.717, 1.165) is 49.8 Å². The molecule has 2 heterocycles. The van der Waals surface area contributed by atoms with Gasteiger partial charge >= 0.3 is 0 Å². The number of hydrogen-bond donors (Lipinski definition) is 1. The number of benzene rings is 7. The fourth-order valence-corrected chi connectivity index (χ4v) is 9.00. The lowest BCUT2D eigenvalue weighted by atomic mass is 9.81. The van der Waals surface area contributed by atoms with Crippen molar-refractivity contribution in [3.05, 3.63) is 151 Å². The van der Waals surface area contributed by atoms with E-state index in [1.807, 2.05) is 30.3 Å². The molecule has 0 saturated heterocycles. The molecule has 1 aliphatic carbocycles. The van der Waals surface area contributed by atoms with Crippen molar-refractivity contribution < 1.29 is 4.42 Å². The van der Waals surface area contributed by atoms with Gasteiger partial charge in [-0.3, -0.25) is 4.57 Å². The lowest BCUT2D eigenvalue weighted by Crippen LogP contribution is -2.21. The molecule has 4 nitrogen and oxygen atoms in total. The Labute approximate surface area is 287 Å². The van der Waals surface area contributed by atoms with Gasteiger partial charge in [0.15, 0.2) is 0 Å². The number of para-hydroxylation sites is 3. The van der Waals surface area contributed by atoms with Gasteiger partial charge in [-0.25, -0.2) is 4.99 Å². The third-order valence-electron chi connectivity index (χ3n) is 11.2. The number of hydrogen-bond acceptors (Lipinski definition) is 2. The van der Waals surface area contributed by atoms with Crippen molar-refractivity contribution in [2.45, 2.75) is 19.3 Å². The van der Waals surface area contributed by atoms with Gasteiger partial charge in [-0.1, -0.05) is 129 Å². The zero-order valence-electron chi connectivity index (χ0n) is 27.7. The summed E-state index contributed by atoms with van der Waals surface area (Å²) in [4.78, 5) is 5.23. The fourth-order valence-electron chi connectivity index (χ4n) is 9.00. The largest absolute Gasteiger partial charge is 0.455 e.